The number of nitrogens with two attached hydrogens (primary N) is 1. The van der Waals surface area contributed by atoms with Gasteiger partial charge in [-0.2, -0.15) is 0 Å². The largest absolute Gasteiger partial charge is 0.370 e. The van der Waals surface area contributed by atoms with Crippen LogP contribution in [0, 0.1) is 0 Å². The summed E-state index contributed by atoms with van der Waals surface area (Å²) in [6, 6.07) is -0.310. The maximum absolute atomic E-state index is 11.2. The minimum Gasteiger partial charge on any atom is -0.370 e. The average molecular weight is 234 g/mol. The van der Waals surface area contributed by atoms with Crippen molar-refractivity contribution in [1.82, 2.24) is 5.32 Å². The number of amides is 2. The molecule has 1 fully saturated rings. The van der Waals surface area contributed by atoms with E-state index in [1.54, 1.807) is 0 Å². The zero-order valence-corrected chi connectivity index (χ0v) is 9.05. The summed E-state index contributed by atoms with van der Waals surface area (Å²) in [5, 5.41) is 2.56. The SMILES string of the molecule is NC(=O)CCC(=O)NC1CCS(=O)(=O)C1. The first-order chi connectivity index (χ1) is 6.89. The van der Waals surface area contributed by atoms with Crippen LogP contribution in [0.3, 0.4) is 0 Å². The van der Waals surface area contributed by atoms with E-state index in [1.807, 2.05) is 0 Å². The fourth-order valence-electron chi connectivity index (χ4n) is 1.45. The summed E-state index contributed by atoms with van der Waals surface area (Å²) < 4.78 is 22.1. The van der Waals surface area contributed by atoms with E-state index in [2.05, 4.69) is 5.32 Å². The van der Waals surface area contributed by atoms with Crippen molar-refractivity contribution in [3.63, 3.8) is 0 Å². The molecular weight excluding hydrogens is 220 g/mol. The van der Waals surface area contributed by atoms with Gasteiger partial charge in [-0.3, -0.25) is 9.59 Å². The summed E-state index contributed by atoms with van der Waals surface area (Å²) in [6.45, 7) is 0. The molecule has 1 saturated heterocycles. The first kappa shape index (κ1) is 12.0. The molecule has 1 aliphatic heterocycles. The number of carbonyl (C=O) groups is 2. The molecule has 0 aromatic rings. The van der Waals surface area contributed by atoms with Crippen molar-refractivity contribution >= 4 is 21.7 Å². The van der Waals surface area contributed by atoms with Gasteiger partial charge in [0.2, 0.25) is 11.8 Å². The van der Waals surface area contributed by atoms with Crippen molar-refractivity contribution in [3.05, 3.63) is 0 Å². The van der Waals surface area contributed by atoms with E-state index in [4.69, 9.17) is 5.73 Å². The van der Waals surface area contributed by atoms with Crippen LogP contribution in [0.1, 0.15) is 19.3 Å². The van der Waals surface area contributed by atoms with Crippen LogP contribution in [0.5, 0.6) is 0 Å². The zero-order chi connectivity index (χ0) is 11.5. The van der Waals surface area contributed by atoms with Gasteiger partial charge in [0.05, 0.1) is 11.5 Å². The molecule has 1 unspecified atom stereocenters. The summed E-state index contributed by atoms with van der Waals surface area (Å²) in [5.41, 5.74) is 4.88. The third kappa shape index (κ3) is 4.28. The number of carbonyl (C=O) groups excluding carboxylic acids is 2. The minimum absolute atomic E-state index is 0.00465. The topological polar surface area (TPSA) is 106 Å². The fourth-order valence-corrected chi connectivity index (χ4v) is 3.12. The molecule has 86 valence electrons. The van der Waals surface area contributed by atoms with Gasteiger partial charge in [-0.1, -0.05) is 0 Å². The summed E-state index contributed by atoms with van der Waals surface area (Å²) in [7, 11) is -2.98. The zero-order valence-electron chi connectivity index (χ0n) is 8.23. The highest BCUT2D eigenvalue weighted by Crippen LogP contribution is 2.11. The number of sulfone groups is 1. The summed E-state index contributed by atoms with van der Waals surface area (Å²) in [4.78, 5) is 21.6. The fraction of sp³-hybridized carbons (Fsp3) is 0.750. The lowest BCUT2D eigenvalue weighted by Gasteiger charge is -2.09. The van der Waals surface area contributed by atoms with Gasteiger partial charge in [0.15, 0.2) is 9.84 Å². The molecule has 1 rings (SSSR count). The van der Waals surface area contributed by atoms with Crippen LogP contribution < -0.4 is 11.1 Å². The van der Waals surface area contributed by atoms with Crippen molar-refractivity contribution in [2.24, 2.45) is 5.73 Å². The number of nitrogens with one attached hydrogen (secondary N) is 1. The highest BCUT2D eigenvalue weighted by molar-refractivity contribution is 7.91. The number of primary amides is 1. The molecule has 3 N–H and O–H groups in total. The molecule has 0 radical (unpaired) electrons. The molecule has 0 bridgehead atoms. The van der Waals surface area contributed by atoms with Gasteiger partial charge < -0.3 is 11.1 Å². The summed E-state index contributed by atoms with van der Waals surface area (Å²) in [6.07, 6.45) is 0.460. The highest BCUT2D eigenvalue weighted by Gasteiger charge is 2.28. The van der Waals surface area contributed by atoms with E-state index in [9.17, 15) is 18.0 Å². The molecule has 1 atom stereocenters. The number of rotatable bonds is 4. The number of hydrogen-bond donors (Lipinski definition) is 2. The van der Waals surface area contributed by atoms with Gasteiger partial charge >= 0.3 is 0 Å². The molecule has 0 spiro atoms. The van der Waals surface area contributed by atoms with E-state index in [-0.39, 0.29) is 36.3 Å². The predicted octanol–water partition coefficient (Wildman–Crippen LogP) is -1.44. The van der Waals surface area contributed by atoms with Crippen LogP contribution in [0.25, 0.3) is 0 Å². The Morgan fingerprint density at radius 3 is 2.47 bits per heavy atom. The van der Waals surface area contributed by atoms with E-state index in [0.29, 0.717) is 6.42 Å². The van der Waals surface area contributed by atoms with E-state index < -0.39 is 15.7 Å². The third-order valence-electron chi connectivity index (χ3n) is 2.20. The lowest BCUT2D eigenvalue weighted by Crippen LogP contribution is -2.35. The quantitative estimate of drug-likeness (QED) is 0.621. The molecule has 6 nitrogen and oxygen atoms in total. The summed E-state index contributed by atoms with van der Waals surface area (Å²) in [5.74, 6) is -0.747. The Morgan fingerprint density at radius 2 is 2.00 bits per heavy atom. The van der Waals surface area contributed by atoms with Gasteiger partial charge in [0.1, 0.15) is 0 Å². The Bertz CT molecular complexity index is 363. The Labute approximate surface area is 88.1 Å². The highest BCUT2D eigenvalue weighted by atomic mass is 32.2. The molecule has 2 amide bonds. The standard InChI is InChI=1S/C8H14N2O4S/c9-7(11)1-2-8(12)10-6-3-4-15(13,14)5-6/h6H,1-5H2,(H2,9,11)(H,10,12). The van der Waals surface area contributed by atoms with Crippen molar-refractivity contribution in [2.75, 3.05) is 11.5 Å². The smallest absolute Gasteiger partial charge is 0.220 e. The van der Waals surface area contributed by atoms with Gasteiger partial charge in [-0.15, -0.1) is 0 Å². The minimum atomic E-state index is -2.98. The van der Waals surface area contributed by atoms with Crippen LogP contribution in [0.4, 0.5) is 0 Å². The lowest BCUT2D eigenvalue weighted by atomic mass is 10.2. The monoisotopic (exact) mass is 234 g/mol. The van der Waals surface area contributed by atoms with Gasteiger partial charge in [0, 0.05) is 18.9 Å². The predicted molar refractivity (Wildman–Crippen MR) is 53.6 cm³/mol. The van der Waals surface area contributed by atoms with E-state index >= 15 is 0 Å². The Morgan fingerprint density at radius 1 is 1.33 bits per heavy atom. The molecule has 0 saturated carbocycles. The Kier molecular flexibility index (Phi) is 3.67. The van der Waals surface area contributed by atoms with Crippen LogP contribution >= 0.6 is 0 Å². The van der Waals surface area contributed by atoms with Gasteiger partial charge in [-0.05, 0) is 6.42 Å². The van der Waals surface area contributed by atoms with E-state index in [1.165, 1.54) is 0 Å². The first-order valence-corrected chi connectivity index (χ1v) is 6.49. The van der Waals surface area contributed by atoms with Crippen LogP contribution in [0.15, 0.2) is 0 Å². The molecule has 0 aromatic heterocycles. The lowest BCUT2D eigenvalue weighted by molar-refractivity contribution is -0.125. The van der Waals surface area contributed by atoms with Crippen molar-refractivity contribution < 1.29 is 18.0 Å². The van der Waals surface area contributed by atoms with Crippen LogP contribution in [-0.2, 0) is 19.4 Å². The van der Waals surface area contributed by atoms with Crippen molar-refractivity contribution in [3.8, 4) is 0 Å². The van der Waals surface area contributed by atoms with Crippen LogP contribution in [-0.4, -0.2) is 37.8 Å². The Balaban J connectivity index is 2.31. The van der Waals surface area contributed by atoms with Crippen molar-refractivity contribution in [1.29, 1.82) is 0 Å². The van der Waals surface area contributed by atoms with E-state index in [0.717, 1.165) is 0 Å². The number of hydrogen-bond acceptors (Lipinski definition) is 4. The molecule has 0 aliphatic carbocycles. The third-order valence-corrected chi connectivity index (χ3v) is 3.96. The molecular formula is C8H14N2O4S. The first-order valence-electron chi connectivity index (χ1n) is 4.67. The average Bonchev–Trinajstić information content (AvgIpc) is 2.42. The second-order valence-corrected chi connectivity index (χ2v) is 5.86. The maximum atomic E-state index is 11.2. The molecule has 7 heteroatoms. The summed E-state index contributed by atoms with van der Waals surface area (Å²) >= 11 is 0. The second-order valence-electron chi connectivity index (χ2n) is 3.63. The molecule has 1 heterocycles. The Hall–Kier alpha value is -1.11. The molecule has 15 heavy (non-hydrogen) atoms. The maximum Gasteiger partial charge on any atom is 0.220 e. The molecule has 1 aliphatic rings. The van der Waals surface area contributed by atoms with Gasteiger partial charge in [-0.25, -0.2) is 8.42 Å². The normalized spacial score (nSPS) is 23.6. The van der Waals surface area contributed by atoms with Gasteiger partial charge in [0.25, 0.3) is 0 Å². The second kappa shape index (κ2) is 4.61. The van der Waals surface area contributed by atoms with Crippen molar-refractivity contribution in [2.45, 2.75) is 25.3 Å². The molecule has 0 aromatic carbocycles. The van der Waals surface area contributed by atoms with Crippen LogP contribution in [0.2, 0.25) is 0 Å².